The van der Waals surface area contributed by atoms with Gasteiger partial charge in [-0.3, -0.25) is 0 Å². The third-order valence-corrected chi connectivity index (χ3v) is 4.37. The number of hydrogen-bond acceptors (Lipinski definition) is 1. The molecule has 1 fully saturated rings. The SMILES string of the molecule is C[C@H]1CC[C@H](C)C(C)(C)[C@H]1C=CCC=O. The second-order valence-electron chi connectivity index (χ2n) is 5.63. The average Bonchev–Trinajstić information content (AvgIpc) is 2.18. The summed E-state index contributed by atoms with van der Waals surface area (Å²) in [7, 11) is 0. The average molecular weight is 208 g/mol. The van der Waals surface area contributed by atoms with Crippen molar-refractivity contribution < 1.29 is 4.79 Å². The number of allylic oxidation sites excluding steroid dienone is 2. The highest BCUT2D eigenvalue weighted by molar-refractivity contribution is 5.51. The lowest BCUT2D eigenvalue weighted by atomic mass is 9.59. The van der Waals surface area contributed by atoms with Crippen molar-refractivity contribution in [2.75, 3.05) is 0 Å². The van der Waals surface area contributed by atoms with Crippen LogP contribution in [0.4, 0.5) is 0 Å². The fourth-order valence-corrected chi connectivity index (χ4v) is 2.84. The highest BCUT2D eigenvalue weighted by atomic mass is 16.1. The van der Waals surface area contributed by atoms with Crippen LogP contribution in [0.5, 0.6) is 0 Å². The lowest BCUT2D eigenvalue weighted by Crippen LogP contribution is -2.38. The Labute approximate surface area is 93.9 Å². The van der Waals surface area contributed by atoms with E-state index in [9.17, 15) is 4.79 Å². The zero-order valence-corrected chi connectivity index (χ0v) is 10.5. The molecule has 3 atom stereocenters. The lowest BCUT2D eigenvalue weighted by Gasteiger charge is -2.46. The van der Waals surface area contributed by atoms with Crippen LogP contribution < -0.4 is 0 Å². The first-order valence-corrected chi connectivity index (χ1v) is 6.10. The van der Waals surface area contributed by atoms with E-state index in [2.05, 4.69) is 33.8 Å². The number of carbonyl (C=O) groups excluding carboxylic acids is 1. The molecule has 15 heavy (non-hydrogen) atoms. The molecule has 0 unspecified atom stereocenters. The van der Waals surface area contributed by atoms with E-state index in [4.69, 9.17) is 0 Å². The summed E-state index contributed by atoms with van der Waals surface area (Å²) in [6, 6.07) is 0. The van der Waals surface area contributed by atoms with Gasteiger partial charge in [-0.2, -0.15) is 0 Å². The zero-order valence-electron chi connectivity index (χ0n) is 10.5. The van der Waals surface area contributed by atoms with Gasteiger partial charge in [-0.1, -0.05) is 39.8 Å². The summed E-state index contributed by atoms with van der Waals surface area (Å²) in [6.45, 7) is 9.42. The van der Waals surface area contributed by atoms with E-state index < -0.39 is 0 Å². The molecule has 0 aromatic heterocycles. The molecule has 1 aliphatic rings. The van der Waals surface area contributed by atoms with Crippen molar-refractivity contribution in [3.05, 3.63) is 12.2 Å². The van der Waals surface area contributed by atoms with Crippen LogP contribution in [0, 0.1) is 23.2 Å². The fraction of sp³-hybridized carbons (Fsp3) is 0.786. The van der Waals surface area contributed by atoms with Crippen LogP contribution in [-0.4, -0.2) is 6.29 Å². The van der Waals surface area contributed by atoms with Crippen molar-refractivity contribution in [3.63, 3.8) is 0 Å². The van der Waals surface area contributed by atoms with Gasteiger partial charge in [0, 0.05) is 6.42 Å². The highest BCUT2D eigenvalue weighted by Gasteiger charge is 2.39. The van der Waals surface area contributed by atoms with Gasteiger partial charge in [-0.25, -0.2) is 0 Å². The summed E-state index contributed by atoms with van der Waals surface area (Å²) in [5.74, 6) is 2.15. The third kappa shape index (κ3) is 2.70. The molecule has 1 rings (SSSR count). The highest BCUT2D eigenvalue weighted by Crippen LogP contribution is 2.48. The Morgan fingerprint density at radius 2 is 1.93 bits per heavy atom. The van der Waals surface area contributed by atoms with Gasteiger partial charge in [0.1, 0.15) is 6.29 Å². The molecule has 1 saturated carbocycles. The molecule has 0 bridgehead atoms. The number of hydrogen-bond donors (Lipinski definition) is 0. The molecule has 0 spiro atoms. The van der Waals surface area contributed by atoms with Crippen LogP contribution in [0.1, 0.15) is 47.0 Å². The van der Waals surface area contributed by atoms with E-state index in [0.717, 1.165) is 18.1 Å². The molecule has 1 heteroatoms. The Balaban J connectivity index is 2.76. The van der Waals surface area contributed by atoms with E-state index in [0.29, 0.717) is 17.8 Å². The van der Waals surface area contributed by atoms with E-state index in [-0.39, 0.29) is 0 Å². The number of aldehydes is 1. The molecule has 86 valence electrons. The quantitative estimate of drug-likeness (QED) is 0.509. The summed E-state index contributed by atoms with van der Waals surface area (Å²) in [5.41, 5.74) is 0.372. The fourth-order valence-electron chi connectivity index (χ4n) is 2.84. The van der Waals surface area contributed by atoms with Crippen molar-refractivity contribution in [1.29, 1.82) is 0 Å². The van der Waals surface area contributed by atoms with Crippen LogP contribution in [0.25, 0.3) is 0 Å². The zero-order chi connectivity index (χ0) is 11.5. The molecular weight excluding hydrogens is 184 g/mol. The molecule has 0 saturated heterocycles. The standard InChI is InChI=1S/C14H24O/c1-11-8-9-12(2)14(3,4)13(11)7-5-6-10-15/h5,7,10-13H,6,8-9H2,1-4H3/t11-,12-,13-/m0/s1. The maximum absolute atomic E-state index is 10.3. The molecule has 0 aromatic rings. The van der Waals surface area contributed by atoms with Crippen LogP contribution in [-0.2, 0) is 4.79 Å². The van der Waals surface area contributed by atoms with Crippen LogP contribution in [0.3, 0.4) is 0 Å². The minimum absolute atomic E-state index is 0.372. The van der Waals surface area contributed by atoms with Crippen molar-refractivity contribution in [2.45, 2.75) is 47.0 Å². The smallest absolute Gasteiger partial charge is 0.123 e. The Morgan fingerprint density at radius 3 is 2.53 bits per heavy atom. The third-order valence-electron chi connectivity index (χ3n) is 4.37. The Bertz CT molecular complexity index is 240. The monoisotopic (exact) mass is 208 g/mol. The van der Waals surface area contributed by atoms with Crippen molar-refractivity contribution in [2.24, 2.45) is 23.2 Å². The van der Waals surface area contributed by atoms with Crippen molar-refractivity contribution in [3.8, 4) is 0 Å². The van der Waals surface area contributed by atoms with Crippen LogP contribution in [0.2, 0.25) is 0 Å². The summed E-state index contributed by atoms with van der Waals surface area (Å²) >= 11 is 0. The van der Waals surface area contributed by atoms with Crippen molar-refractivity contribution >= 4 is 6.29 Å². The number of carbonyl (C=O) groups is 1. The summed E-state index contributed by atoms with van der Waals surface area (Å²) in [4.78, 5) is 10.3. The summed E-state index contributed by atoms with van der Waals surface area (Å²) < 4.78 is 0. The van der Waals surface area contributed by atoms with Gasteiger partial charge < -0.3 is 4.79 Å². The predicted molar refractivity (Wildman–Crippen MR) is 64.7 cm³/mol. The van der Waals surface area contributed by atoms with Gasteiger partial charge in [-0.15, -0.1) is 0 Å². The van der Waals surface area contributed by atoms with E-state index in [1.54, 1.807) is 0 Å². The second kappa shape index (κ2) is 4.96. The minimum Gasteiger partial charge on any atom is -0.303 e. The topological polar surface area (TPSA) is 17.1 Å². The largest absolute Gasteiger partial charge is 0.303 e. The molecule has 0 aromatic carbocycles. The molecule has 0 aliphatic heterocycles. The molecule has 0 N–H and O–H groups in total. The van der Waals surface area contributed by atoms with Gasteiger partial charge in [-0.05, 0) is 36.0 Å². The molecule has 0 radical (unpaired) electrons. The van der Waals surface area contributed by atoms with Gasteiger partial charge in [0.2, 0.25) is 0 Å². The van der Waals surface area contributed by atoms with Gasteiger partial charge >= 0.3 is 0 Å². The normalized spacial score (nSPS) is 35.6. The van der Waals surface area contributed by atoms with E-state index in [1.165, 1.54) is 12.8 Å². The summed E-state index contributed by atoms with van der Waals surface area (Å²) in [5, 5.41) is 0. The van der Waals surface area contributed by atoms with Gasteiger partial charge in [0.25, 0.3) is 0 Å². The van der Waals surface area contributed by atoms with Crippen molar-refractivity contribution in [1.82, 2.24) is 0 Å². The van der Waals surface area contributed by atoms with Gasteiger partial charge in [0.15, 0.2) is 0 Å². The maximum Gasteiger partial charge on any atom is 0.123 e. The molecule has 0 heterocycles. The first kappa shape index (κ1) is 12.5. The molecule has 1 nitrogen and oxygen atoms in total. The second-order valence-corrected chi connectivity index (χ2v) is 5.63. The summed E-state index contributed by atoms with van der Waals surface area (Å²) in [6.07, 6.45) is 8.50. The minimum atomic E-state index is 0.372. The Hall–Kier alpha value is -0.590. The van der Waals surface area contributed by atoms with Gasteiger partial charge in [0.05, 0.1) is 0 Å². The Kier molecular flexibility index (Phi) is 4.12. The molecular formula is C14H24O. The van der Waals surface area contributed by atoms with Crippen LogP contribution >= 0.6 is 0 Å². The Morgan fingerprint density at radius 1 is 1.27 bits per heavy atom. The van der Waals surface area contributed by atoms with Crippen LogP contribution in [0.15, 0.2) is 12.2 Å². The lowest BCUT2D eigenvalue weighted by molar-refractivity contribution is -0.107. The first-order chi connectivity index (χ1) is 7.00. The molecule has 0 amide bonds. The first-order valence-electron chi connectivity index (χ1n) is 6.10. The van der Waals surface area contributed by atoms with E-state index in [1.807, 2.05) is 6.08 Å². The predicted octanol–water partition coefficient (Wildman–Crippen LogP) is 3.84. The number of rotatable bonds is 3. The molecule has 1 aliphatic carbocycles. The maximum atomic E-state index is 10.3. The van der Waals surface area contributed by atoms with E-state index >= 15 is 0 Å².